The second-order valence-corrected chi connectivity index (χ2v) is 9.54. The first-order valence-electron chi connectivity index (χ1n) is 12.5. The van der Waals surface area contributed by atoms with E-state index in [1.54, 1.807) is 4.90 Å². The molecule has 1 aliphatic rings. The van der Waals surface area contributed by atoms with Gasteiger partial charge in [0.05, 0.1) is 50.7 Å². The normalized spacial score (nSPS) is 14.7. The number of benzene rings is 2. The van der Waals surface area contributed by atoms with Crippen molar-refractivity contribution in [2.75, 3.05) is 58.3 Å². The number of rotatable bonds is 7. The van der Waals surface area contributed by atoms with Crippen LogP contribution < -0.4 is 15.5 Å². The molecular formula is C28H35N7+2. The molecule has 2 aromatic carbocycles. The third-order valence-corrected chi connectivity index (χ3v) is 6.78. The Kier molecular flexibility index (Phi) is 6.99. The van der Waals surface area contributed by atoms with Crippen LogP contribution in [-0.4, -0.2) is 73.2 Å². The molecule has 0 atom stereocenters. The van der Waals surface area contributed by atoms with Gasteiger partial charge in [-0.15, -0.1) is 0 Å². The van der Waals surface area contributed by atoms with E-state index in [0.29, 0.717) is 5.65 Å². The molecule has 4 aromatic rings. The summed E-state index contributed by atoms with van der Waals surface area (Å²) in [7, 11) is 4.28. The number of nitrogens with one attached hydrogen (secondary N) is 1. The molecular weight excluding hydrogens is 434 g/mol. The maximum Gasteiger partial charge on any atom is 0.180 e. The summed E-state index contributed by atoms with van der Waals surface area (Å²) in [5, 5.41) is 0. The Balaban J connectivity index is 1.47. The minimum Gasteiger partial charge on any atom is -0.354 e. The van der Waals surface area contributed by atoms with Gasteiger partial charge >= 0.3 is 0 Å². The Labute approximate surface area is 207 Å². The van der Waals surface area contributed by atoms with Crippen LogP contribution in [0.15, 0.2) is 66.7 Å². The second kappa shape index (κ2) is 10.5. The molecule has 3 heterocycles. The van der Waals surface area contributed by atoms with E-state index < -0.39 is 0 Å². The molecule has 0 radical (unpaired) electrons. The first-order chi connectivity index (χ1) is 17.1. The van der Waals surface area contributed by atoms with E-state index in [4.69, 9.17) is 15.0 Å². The molecule has 0 aliphatic carbocycles. The first kappa shape index (κ1) is 23.4. The Morgan fingerprint density at radius 1 is 0.829 bits per heavy atom. The van der Waals surface area contributed by atoms with E-state index in [9.17, 15) is 0 Å². The van der Waals surface area contributed by atoms with Crippen LogP contribution in [0.1, 0.15) is 5.56 Å². The summed E-state index contributed by atoms with van der Waals surface area (Å²) in [4.78, 5) is 21.4. The van der Waals surface area contributed by atoms with Gasteiger partial charge in [0.25, 0.3) is 0 Å². The summed E-state index contributed by atoms with van der Waals surface area (Å²) in [5.41, 5.74) is 10.6. The molecule has 5 rings (SSSR count). The van der Waals surface area contributed by atoms with Crippen molar-refractivity contribution in [1.29, 1.82) is 0 Å². The van der Waals surface area contributed by atoms with Gasteiger partial charge in [-0.3, -0.25) is 0 Å². The lowest BCUT2D eigenvalue weighted by atomic mass is 10.0. The van der Waals surface area contributed by atoms with Crippen LogP contribution in [0.25, 0.3) is 33.7 Å². The van der Waals surface area contributed by atoms with Gasteiger partial charge in [0, 0.05) is 23.2 Å². The van der Waals surface area contributed by atoms with Gasteiger partial charge in [0.2, 0.25) is 0 Å². The van der Waals surface area contributed by atoms with Gasteiger partial charge in [0.1, 0.15) is 11.3 Å². The van der Waals surface area contributed by atoms with Crippen molar-refractivity contribution in [3.05, 3.63) is 72.3 Å². The molecule has 2 aromatic heterocycles. The Bertz CT molecular complexity index is 1260. The van der Waals surface area contributed by atoms with Crippen LogP contribution in [0, 0.1) is 0 Å². The molecule has 0 bridgehead atoms. The second-order valence-electron chi connectivity index (χ2n) is 9.54. The Morgan fingerprint density at radius 3 is 2.20 bits per heavy atom. The van der Waals surface area contributed by atoms with Gasteiger partial charge in [-0.1, -0.05) is 54.6 Å². The van der Waals surface area contributed by atoms with Crippen LogP contribution >= 0.6 is 0 Å². The van der Waals surface area contributed by atoms with E-state index in [1.807, 2.05) is 18.2 Å². The number of likely N-dealkylation sites (N-methyl/N-ethyl adjacent to an activating group) is 1. The predicted octanol–water partition coefficient (Wildman–Crippen LogP) is 1.37. The maximum atomic E-state index is 5.07. The Hall–Kier alpha value is -3.39. The number of pyridine rings is 1. The van der Waals surface area contributed by atoms with E-state index >= 15 is 0 Å². The third kappa shape index (κ3) is 5.32. The summed E-state index contributed by atoms with van der Waals surface area (Å²) in [6.07, 6.45) is 0. The van der Waals surface area contributed by atoms with Crippen molar-refractivity contribution >= 4 is 17.0 Å². The summed E-state index contributed by atoms with van der Waals surface area (Å²) in [6.45, 7) is 7.38. The highest BCUT2D eigenvalue weighted by atomic mass is 15.3. The molecule has 4 N–H and O–H groups in total. The molecule has 0 amide bonds. The zero-order valence-corrected chi connectivity index (χ0v) is 20.7. The van der Waals surface area contributed by atoms with Crippen molar-refractivity contribution < 1.29 is 10.6 Å². The fourth-order valence-electron chi connectivity index (χ4n) is 4.62. The number of fused-ring (bicyclic) bond motifs is 1. The van der Waals surface area contributed by atoms with Crippen molar-refractivity contribution in [2.24, 2.45) is 0 Å². The highest BCUT2D eigenvalue weighted by Gasteiger charge is 2.22. The number of quaternary nitrogens is 2. The fourth-order valence-corrected chi connectivity index (χ4v) is 4.62. The monoisotopic (exact) mass is 469 g/mol. The van der Waals surface area contributed by atoms with Crippen LogP contribution in [0.5, 0.6) is 0 Å². The maximum absolute atomic E-state index is 5.07. The number of hydrogen-bond donors (Lipinski definition) is 2. The molecule has 35 heavy (non-hydrogen) atoms. The molecule has 1 saturated heterocycles. The summed E-state index contributed by atoms with van der Waals surface area (Å²) in [6, 6.07) is 22.9. The van der Waals surface area contributed by atoms with Crippen molar-refractivity contribution in [3.63, 3.8) is 0 Å². The minimum absolute atomic E-state index is 0.695. The van der Waals surface area contributed by atoms with Gasteiger partial charge in [-0.2, -0.15) is 0 Å². The van der Waals surface area contributed by atoms with Gasteiger partial charge in [-0.05, 0) is 26.2 Å². The zero-order valence-electron chi connectivity index (χ0n) is 20.7. The lowest BCUT2D eigenvalue weighted by molar-refractivity contribution is -0.900. The molecule has 0 unspecified atom stereocenters. The van der Waals surface area contributed by atoms with E-state index in [0.717, 1.165) is 73.1 Å². The largest absolute Gasteiger partial charge is 0.354 e. The standard InChI is InChI=1S/C28H33N7/c1-33(2)14-15-34-16-18-35(19-17-34)25-13-12-24-28(31-25)32-27(23-10-8-21(20-29)9-11-23)26(30-24)22-6-4-3-5-7-22/h3-13H,14-20,29H2,1-2H3/p+2. The molecule has 7 nitrogen and oxygen atoms in total. The fraction of sp³-hybridized carbons (Fsp3) is 0.321. The lowest BCUT2D eigenvalue weighted by Crippen LogP contribution is -3.15. The van der Waals surface area contributed by atoms with Crippen LogP contribution in [0.2, 0.25) is 0 Å². The van der Waals surface area contributed by atoms with Gasteiger partial charge < -0.3 is 20.4 Å². The number of aromatic nitrogens is 3. The van der Waals surface area contributed by atoms with Gasteiger partial charge in [-0.25, -0.2) is 15.0 Å². The molecule has 180 valence electrons. The highest BCUT2D eigenvalue weighted by Crippen LogP contribution is 2.31. The summed E-state index contributed by atoms with van der Waals surface area (Å²) >= 11 is 0. The predicted molar refractivity (Wildman–Crippen MR) is 141 cm³/mol. The van der Waals surface area contributed by atoms with Gasteiger partial charge in [0.15, 0.2) is 5.65 Å². The number of nitrogens with zero attached hydrogens (tertiary/aromatic N) is 5. The van der Waals surface area contributed by atoms with Crippen LogP contribution in [0.3, 0.4) is 0 Å². The molecule has 1 aliphatic heterocycles. The van der Waals surface area contributed by atoms with Crippen LogP contribution in [0.4, 0.5) is 5.82 Å². The topological polar surface area (TPSA) is 77.2 Å². The zero-order chi connectivity index (χ0) is 24.2. The van der Waals surface area contributed by atoms with Crippen molar-refractivity contribution in [3.8, 4) is 22.5 Å². The Morgan fingerprint density at radius 2 is 1.51 bits per heavy atom. The van der Waals surface area contributed by atoms with Crippen molar-refractivity contribution in [2.45, 2.75) is 6.54 Å². The molecule has 0 spiro atoms. The summed E-state index contributed by atoms with van der Waals surface area (Å²) < 4.78 is 0. The summed E-state index contributed by atoms with van der Waals surface area (Å²) in [5.74, 6) is 0.990. The number of anilines is 1. The van der Waals surface area contributed by atoms with E-state index in [1.165, 1.54) is 12.1 Å². The molecule has 7 heteroatoms. The van der Waals surface area contributed by atoms with E-state index in [-0.39, 0.29) is 0 Å². The quantitative estimate of drug-likeness (QED) is 0.428. The third-order valence-electron chi connectivity index (χ3n) is 6.78. The average Bonchev–Trinajstić information content (AvgIpc) is 2.91. The average molecular weight is 470 g/mol. The first-order valence-corrected chi connectivity index (χ1v) is 12.5. The van der Waals surface area contributed by atoms with Crippen molar-refractivity contribution in [1.82, 2.24) is 19.9 Å². The number of hydrogen-bond acceptors (Lipinski definition) is 5. The smallest absolute Gasteiger partial charge is 0.180 e. The number of piperazine rings is 1. The highest BCUT2D eigenvalue weighted by molar-refractivity contribution is 5.85. The minimum atomic E-state index is 0.695. The SMILES string of the molecule is CN(C)CC[NH+]1CCN(c2ccc3nc(-c4ccccc4)c(-c4ccc(C[NH3+])cc4)nc3n2)CC1. The molecule has 1 fully saturated rings. The van der Waals surface area contributed by atoms with E-state index in [2.05, 4.69) is 78.2 Å². The molecule has 0 saturated carbocycles. The lowest BCUT2D eigenvalue weighted by Gasteiger charge is -2.33. The van der Waals surface area contributed by atoms with Crippen LogP contribution in [-0.2, 0) is 6.54 Å².